The van der Waals surface area contributed by atoms with Crippen molar-refractivity contribution in [1.29, 1.82) is 0 Å². The molecule has 11 nitrogen and oxygen atoms in total. The van der Waals surface area contributed by atoms with E-state index >= 15 is 0 Å². The molecule has 2 saturated heterocycles. The molecule has 3 N–H and O–H groups in total. The van der Waals surface area contributed by atoms with E-state index < -0.39 is 61.0 Å². The van der Waals surface area contributed by atoms with Crippen LogP contribution in [0.5, 0.6) is 0 Å². The van der Waals surface area contributed by atoms with Gasteiger partial charge in [0.15, 0.2) is 0 Å². The highest BCUT2D eigenvalue weighted by Crippen LogP contribution is 2.26. The number of aliphatic hydroxyl groups is 1. The van der Waals surface area contributed by atoms with Gasteiger partial charge in [0.05, 0.1) is 17.7 Å². The van der Waals surface area contributed by atoms with E-state index in [2.05, 4.69) is 15.6 Å². The number of rotatable bonds is 9. The van der Waals surface area contributed by atoms with E-state index in [0.717, 1.165) is 5.56 Å². The van der Waals surface area contributed by atoms with Crippen molar-refractivity contribution >= 4 is 42.6 Å². The van der Waals surface area contributed by atoms with Gasteiger partial charge in [0, 0.05) is 17.1 Å². The second-order valence-electron chi connectivity index (χ2n) is 10.7. The van der Waals surface area contributed by atoms with Crippen molar-refractivity contribution in [3.63, 3.8) is 0 Å². The molecule has 2 aliphatic rings. The Balaban J connectivity index is 1.51. The zero-order chi connectivity index (χ0) is 29.7. The average molecular weight is 582 g/mol. The van der Waals surface area contributed by atoms with Gasteiger partial charge in [0.1, 0.15) is 23.8 Å². The number of pyridine rings is 1. The molecule has 2 aliphatic heterocycles. The largest absolute Gasteiger partial charge is 0.622 e. The van der Waals surface area contributed by atoms with Crippen molar-refractivity contribution in [2.24, 2.45) is 5.92 Å². The van der Waals surface area contributed by atoms with Crippen molar-refractivity contribution in [2.75, 3.05) is 18.6 Å². The molecule has 0 radical (unpaired) electrons. The summed E-state index contributed by atoms with van der Waals surface area (Å²) >= 11 is 1.48. The van der Waals surface area contributed by atoms with E-state index in [1.165, 1.54) is 24.8 Å². The quantitative estimate of drug-likeness (QED) is 0.370. The van der Waals surface area contributed by atoms with Gasteiger partial charge in [-0.15, -0.1) is 0 Å². The molecule has 1 aromatic carbocycles. The summed E-state index contributed by atoms with van der Waals surface area (Å²) in [5.41, 5.74) is 1.47. The van der Waals surface area contributed by atoms with Crippen LogP contribution in [0.2, 0.25) is 0 Å². The summed E-state index contributed by atoms with van der Waals surface area (Å²) in [5, 5.41) is 15.8. The number of hydrogen-bond donors (Lipinski definition) is 3. The Morgan fingerprint density at radius 2 is 1.66 bits per heavy atom. The smallest absolute Gasteiger partial charge is 0.497 e. The molecule has 13 heteroatoms. The number of thioether (sulfide) groups is 1. The highest BCUT2D eigenvalue weighted by molar-refractivity contribution is 7.99. The highest BCUT2D eigenvalue weighted by Gasteiger charge is 2.48. The van der Waals surface area contributed by atoms with Crippen molar-refractivity contribution < 1.29 is 33.6 Å². The SMILES string of the molecule is CC(C)C[C@H](NC(=O)[C@@H](NC(=O)c1cccc(-c2ccccc2)n1)[C@@H](C)O)B1OC(=O)[C@@H]2CSC[C@@H](C(=O)O1)N2C. The van der Waals surface area contributed by atoms with Crippen LogP contribution in [0.15, 0.2) is 48.5 Å². The number of carbonyl (C=O) groups excluding carboxylic acids is 4. The summed E-state index contributed by atoms with van der Waals surface area (Å²) in [6.45, 7) is 5.19. The van der Waals surface area contributed by atoms with E-state index in [4.69, 9.17) is 9.31 Å². The molecule has 0 saturated carbocycles. The van der Waals surface area contributed by atoms with E-state index in [1.807, 2.05) is 44.2 Å². The molecule has 2 amide bonds. The van der Waals surface area contributed by atoms with E-state index in [9.17, 15) is 24.3 Å². The maximum Gasteiger partial charge on any atom is 0.622 e. The number of fused-ring (bicyclic) bond motifs is 2. The molecule has 4 rings (SSSR count). The third kappa shape index (κ3) is 7.46. The summed E-state index contributed by atoms with van der Waals surface area (Å²) in [6.07, 6.45) is -0.971. The third-order valence-corrected chi connectivity index (χ3v) is 8.13. The first kappa shape index (κ1) is 30.5. The summed E-state index contributed by atoms with van der Waals surface area (Å²) in [5.74, 6) is -2.41. The number of hydrogen-bond acceptors (Lipinski definition) is 10. The van der Waals surface area contributed by atoms with Gasteiger partial charge >= 0.3 is 19.1 Å². The minimum Gasteiger partial charge on any atom is -0.497 e. The fourth-order valence-corrected chi connectivity index (χ4v) is 6.08. The first-order valence-corrected chi connectivity index (χ1v) is 14.7. The van der Waals surface area contributed by atoms with E-state index in [1.54, 1.807) is 24.1 Å². The number of nitrogens with one attached hydrogen (secondary N) is 2. The molecular weight excluding hydrogens is 547 g/mol. The lowest BCUT2D eigenvalue weighted by molar-refractivity contribution is -0.153. The molecule has 2 fully saturated rings. The normalized spacial score (nSPS) is 21.6. The third-order valence-electron chi connectivity index (χ3n) is 7.03. The fraction of sp³-hybridized carbons (Fsp3) is 0.464. The lowest BCUT2D eigenvalue weighted by Crippen LogP contribution is -2.63. The molecule has 0 spiro atoms. The molecule has 0 aliphatic carbocycles. The standard InChI is InChI=1S/C28H35BN4O7S/c1-16(2)13-23(29-39-27(37)21-14-41-15-22(33(21)4)28(38)40-29)31-26(36)24(17(3)34)32-25(35)20-12-8-11-19(30-20)18-9-6-5-7-10-18/h5-12,16-17,21-24,34H,13-15H2,1-4H3,(H,31,36)(H,32,35)/t17-,21+,22+,23+,24+/m1/s1. The zero-order valence-electron chi connectivity index (χ0n) is 23.5. The molecule has 5 atom stereocenters. The van der Waals surface area contributed by atoms with Crippen LogP contribution in [0.25, 0.3) is 11.3 Å². The Morgan fingerprint density at radius 1 is 1.02 bits per heavy atom. The predicted molar refractivity (Wildman–Crippen MR) is 155 cm³/mol. The van der Waals surface area contributed by atoms with Gasteiger partial charge in [-0.3, -0.25) is 24.1 Å². The van der Waals surface area contributed by atoms with Crippen molar-refractivity contribution in [3.8, 4) is 11.3 Å². The molecule has 2 aromatic rings. The van der Waals surface area contributed by atoms with Crippen LogP contribution in [0.3, 0.4) is 0 Å². The van der Waals surface area contributed by atoms with Crippen LogP contribution in [0, 0.1) is 5.92 Å². The topological polar surface area (TPSA) is 147 Å². The van der Waals surface area contributed by atoms with E-state index in [0.29, 0.717) is 23.6 Å². The van der Waals surface area contributed by atoms with Crippen LogP contribution in [-0.2, 0) is 23.7 Å². The average Bonchev–Trinajstić information content (AvgIpc) is 2.94. The minimum atomic E-state index is -1.36. The van der Waals surface area contributed by atoms with Crippen molar-refractivity contribution in [1.82, 2.24) is 20.5 Å². The summed E-state index contributed by atoms with van der Waals surface area (Å²) in [6, 6.07) is 11.7. The highest BCUT2D eigenvalue weighted by atomic mass is 32.2. The summed E-state index contributed by atoms with van der Waals surface area (Å²) in [7, 11) is 0.323. The molecule has 3 heterocycles. The number of likely N-dealkylation sites (N-methyl/N-ethyl adjacent to an activating group) is 1. The second-order valence-corrected chi connectivity index (χ2v) is 11.8. The molecule has 1 aromatic heterocycles. The summed E-state index contributed by atoms with van der Waals surface area (Å²) in [4.78, 5) is 58.6. The second kappa shape index (κ2) is 13.5. The van der Waals surface area contributed by atoms with Gasteiger partial charge in [0.2, 0.25) is 5.91 Å². The molecule has 41 heavy (non-hydrogen) atoms. The maximum atomic E-state index is 13.4. The number of carbonyl (C=O) groups is 4. The molecule has 2 bridgehead atoms. The zero-order valence-corrected chi connectivity index (χ0v) is 24.3. The Morgan fingerprint density at radius 3 is 2.24 bits per heavy atom. The predicted octanol–water partition coefficient (Wildman–Crippen LogP) is 1.30. The van der Waals surface area contributed by atoms with Gasteiger partial charge in [-0.2, -0.15) is 11.8 Å². The number of benzene rings is 1. The first-order valence-electron chi connectivity index (χ1n) is 13.6. The summed E-state index contributed by atoms with van der Waals surface area (Å²) < 4.78 is 11.2. The first-order chi connectivity index (χ1) is 19.5. The van der Waals surface area contributed by atoms with Crippen LogP contribution in [-0.4, -0.2) is 94.6 Å². The number of nitrogens with zero attached hydrogens (tertiary/aromatic N) is 2. The minimum absolute atomic E-state index is 0.0189. The number of aliphatic hydroxyl groups excluding tert-OH is 1. The van der Waals surface area contributed by atoms with Gasteiger partial charge in [-0.25, -0.2) is 4.98 Å². The van der Waals surface area contributed by atoms with Gasteiger partial charge < -0.3 is 25.0 Å². The molecular formula is C28H35BN4O7S. The lowest BCUT2D eigenvalue weighted by Gasteiger charge is -2.40. The van der Waals surface area contributed by atoms with Crippen LogP contribution >= 0.6 is 11.8 Å². The van der Waals surface area contributed by atoms with Crippen molar-refractivity contribution in [3.05, 3.63) is 54.2 Å². The molecule has 218 valence electrons. The van der Waals surface area contributed by atoms with E-state index in [-0.39, 0.29) is 11.6 Å². The van der Waals surface area contributed by atoms with Crippen LogP contribution in [0.4, 0.5) is 0 Å². The Kier molecular flexibility index (Phi) is 10.1. The van der Waals surface area contributed by atoms with Crippen LogP contribution < -0.4 is 10.6 Å². The molecule has 0 unspecified atom stereocenters. The van der Waals surface area contributed by atoms with Gasteiger partial charge in [-0.1, -0.05) is 50.2 Å². The Hall–Kier alpha value is -3.42. The monoisotopic (exact) mass is 582 g/mol. The van der Waals surface area contributed by atoms with Crippen molar-refractivity contribution in [2.45, 2.75) is 57.4 Å². The maximum absolute atomic E-state index is 13.4. The lowest BCUT2D eigenvalue weighted by atomic mass is 9.73. The number of aromatic nitrogens is 1. The van der Waals surface area contributed by atoms with Crippen LogP contribution in [0.1, 0.15) is 37.7 Å². The van der Waals surface area contributed by atoms with Gasteiger partial charge in [0.25, 0.3) is 5.91 Å². The Bertz CT molecular complexity index is 1240. The van der Waals surface area contributed by atoms with Gasteiger partial charge in [-0.05, 0) is 38.4 Å². The number of amides is 2. The fourth-order valence-electron chi connectivity index (χ4n) is 4.76. The Labute approximate surface area is 243 Å².